The van der Waals surface area contributed by atoms with E-state index in [0.717, 1.165) is 55.5 Å². The second kappa shape index (κ2) is 11.5. The minimum atomic E-state index is -0.152. The number of ether oxygens (including phenoxy) is 1. The molecule has 1 aliphatic rings. The number of rotatable bonds is 9. The molecule has 1 aromatic carbocycles. The zero-order chi connectivity index (χ0) is 23.9. The summed E-state index contributed by atoms with van der Waals surface area (Å²) in [5.41, 5.74) is 2.14. The van der Waals surface area contributed by atoms with Crippen molar-refractivity contribution in [1.29, 1.82) is 0 Å². The average Bonchev–Trinajstić information content (AvgIpc) is 3.27. The Bertz CT molecular complexity index is 1160. The van der Waals surface area contributed by atoms with Gasteiger partial charge in [0, 0.05) is 37.8 Å². The van der Waals surface area contributed by atoms with Crippen LogP contribution in [0.2, 0.25) is 0 Å². The number of nitrogens with zero attached hydrogens (tertiary/aromatic N) is 4. The maximum absolute atomic E-state index is 12.5. The van der Waals surface area contributed by atoms with Crippen LogP contribution in [-0.4, -0.2) is 71.5 Å². The fraction of sp³-hybridized carbons (Fsp3) is 0.417. The Morgan fingerprint density at radius 2 is 1.91 bits per heavy atom. The molecule has 1 amide bonds. The van der Waals surface area contributed by atoms with Crippen molar-refractivity contribution in [3.63, 3.8) is 0 Å². The number of nitrogens with one attached hydrogen (secondary N) is 2. The number of benzene rings is 1. The number of anilines is 1. The molecule has 3 heterocycles. The third kappa shape index (κ3) is 6.15. The largest absolute Gasteiger partial charge is 0.379 e. The van der Waals surface area contributed by atoms with Gasteiger partial charge >= 0.3 is 0 Å². The molecule has 0 saturated carbocycles. The van der Waals surface area contributed by atoms with Crippen molar-refractivity contribution >= 4 is 22.4 Å². The minimum Gasteiger partial charge on any atom is -0.379 e. The van der Waals surface area contributed by atoms with Gasteiger partial charge in [-0.25, -0.2) is 9.67 Å². The Hall–Kier alpha value is -2.92. The van der Waals surface area contributed by atoms with E-state index in [9.17, 15) is 9.59 Å². The molecule has 180 valence electrons. The van der Waals surface area contributed by atoms with Crippen LogP contribution in [-0.2, 0) is 9.53 Å². The zero-order valence-corrected chi connectivity index (χ0v) is 20.3. The molecule has 0 spiro atoms. The second-order valence-corrected chi connectivity index (χ2v) is 9.34. The standard InChI is InChI=1S/C24H30N6O3S/c1-17(2)30-21(32)9-8-19(28-30)23-22(18-6-4-3-5-7-18)27-24(34-23)26-20(31)16-25-10-11-29-12-14-33-15-13-29/h3-9,17,25H,10-16H2,1-2H3,(H,26,27,31). The fourth-order valence-corrected chi connectivity index (χ4v) is 4.65. The third-order valence-electron chi connectivity index (χ3n) is 5.46. The van der Waals surface area contributed by atoms with E-state index in [1.807, 2.05) is 44.2 Å². The van der Waals surface area contributed by atoms with Gasteiger partial charge in [-0.2, -0.15) is 5.10 Å². The van der Waals surface area contributed by atoms with Gasteiger partial charge in [0.05, 0.1) is 36.4 Å². The molecule has 1 aliphatic heterocycles. The number of hydrogen-bond donors (Lipinski definition) is 2. The summed E-state index contributed by atoms with van der Waals surface area (Å²) in [4.78, 5) is 32.6. The summed E-state index contributed by atoms with van der Waals surface area (Å²) in [7, 11) is 0. The summed E-state index contributed by atoms with van der Waals surface area (Å²) in [6.45, 7) is 9.03. The Kier molecular flexibility index (Phi) is 8.17. The van der Waals surface area contributed by atoms with E-state index >= 15 is 0 Å². The normalized spacial score (nSPS) is 14.4. The number of thiazole rings is 1. The van der Waals surface area contributed by atoms with Crippen molar-refractivity contribution in [1.82, 2.24) is 25.0 Å². The Balaban J connectivity index is 1.48. The lowest BCUT2D eigenvalue weighted by atomic mass is 10.1. The highest BCUT2D eigenvalue weighted by molar-refractivity contribution is 7.19. The van der Waals surface area contributed by atoms with Crippen LogP contribution in [0.5, 0.6) is 0 Å². The monoisotopic (exact) mass is 482 g/mol. The van der Waals surface area contributed by atoms with Gasteiger partial charge in [-0.15, -0.1) is 0 Å². The molecule has 1 saturated heterocycles. The average molecular weight is 483 g/mol. The lowest BCUT2D eigenvalue weighted by molar-refractivity contribution is -0.115. The predicted octanol–water partition coefficient (Wildman–Crippen LogP) is 2.47. The molecule has 0 radical (unpaired) electrons. The fourth-order valence-electron chi connectivity index (χ4n) is 3.68. The van der Waals surface area contributed by atoms with Gasteiger partial charge in [-0.3, -0.25) is 14.5 Å². The SMILES string of the molecule is CC(C)n1nc(-c2sc(NC(=O)CNCCN3CCOCC3)nc2-c2ccccc2)ccc1=O. The van der Waals surface area contributed by atoms with E-state index in [2.05, 4.69) is 20.6 Å². The summed E-state index contributed by atoms with van der Waals surface area (Å²) < 4.78 is 6.82. The maximum Gasteiger partial charge on any atom is 0.267 e. The molecule has 1 fully saturated rings. The van der Waals surface area contributed by atoms with E-state index < -0.39 is 0 Å². The number of amides is 1. The molecular weight excluding hydrogens is 452 g/mol. The van der Waals surface area contributed by atoms with Crippen LogP contribution in [0.1, 0.15) is 19.9 Å². The number of carbonyl (C=O) groups excluding carboxylic acids is 1. The van der Waals surface area contributed by atoms with Gasteiger partial charge < -0.3 is 15.4 Å². The summed E-state index contributed by atoms with van der Waals surface area (Å²) >= 11 is 1.35. The van der Waals surface area contributed by atoms with Crippen LogP contribution in [0.4, 0.5) is 5.13 Å². The summed E-state index contributed by atoms with van der Waals surface area (Å²) in [5.74, 6) is -0.151. The zero-order valence-electron chi connectivity index (χ0n) is 19.5. The molecule has 34 heavy (non-hydrogen) atoms. The first-order chi connectivity index (χ1) is 16.5. The highest BCUT2D eigenvalue weighted by Gasteiger charge is 2.19. The molecule has 2 N–H and O–H groups in total. The Morgan fingerprint density at radius 3 is 2.65 bits per heavy atom. The third-order valence-corrected chi connectivity index (χ3v) is 6.45. The molecule has 2 aromatic heterocycles. The maximum atomic E-state index is 12.5. The summed E-state index contributed by atoms with van der Waals surface area (Å²) in [5, 5.41) is 11.2. The van der Waals surface area contributed by atoms with Crippen molar-refractivity contribution < 1.29 is 9.53 Å². The molecule has 0 unspecified atom stereocenters. The predicted molar refractivity (Wildman–Crippen MR) is 134 cm³/mol. The molecular formula is C24H30N6O3S. The van der Waals surface area contributed by atoms with Crippen LogP contribution in [0.25, 0.3) is 21.8 Å². The van der Waals surface area contributed by atoms with Crippen molar-refractivity contribution in [3.05, 3.63) is 52.8 Å². The molecule has 10 heteroatoms. The first kappa shape index (κ1) is 24.2. The first-order valence-electron chi connectivity index (χ1n) is 11.5. The van der Waals surface area contributed by atoms with Gasteiger partial charge in [0.1, 0.15) is 5.69 Å². The van der Waals surface area contributed by atoms with Crippen molar-refractivity contribution in [3.8, 4) is 21.8 Å². The van der Waals surface area contributed by atoms with Gasteiger partial charge in [0.2, 0.25) is 5.91 Å². The number of hydrogen-bond acceptors (Lipinski definition) is 8. The van der Waals surface area contributed by atoms with Gasteiger partial charge in [0.15, 0.2) is 5.13 Å². The van der Waals surface area contributed by atoms with Crippen LogP contribution < -0.4 is 16.2 Å². The number of morpholine rings is 1. The van der Waals surface area contributed by atoms with E-state index in [1.165, 1.54) is 22.1 Å². The molecule has 0 aliphatic carbocycles. The highest BCUT2D eigenvalue weighted by Crippen LogP contribution is 2.37. The van der Waals surface area contributed by atoms with Crippen LogP contribution in [0, 0.1) is 0 Å². The minimum absolute atomic E-state index is 0.0664. The van der Waals surface area contributed by atoms with Crippen LogP contribution in [0.15, 0.2) is 47.3 Å². The van der Waals surface area contributed by atoms with E-state index in [1.54, 1.807) is 6.07 Å². The second-order valence-electron chi connectivity index (χ2n) is 8.34. The van der Waals surface area contributed by atoms with Crippen molar-refractivity contribution in [2.75, 3.05) is 51.3 Å². The van der Waals surface area contributed by atoms with Crippen LogP contribution in [0.3, 0.4) is 0 Å². The smallest absolute Gasteiger partial charge is 0.267 e. The molecule has 4 rings (SSSR count). The summed E-state index contributed by atoms with van der Waals surface area (Å²) in [6, 6.07) is 12.9. The molecule has 0 bridgehead atoms. The van der Waals surface area contributed by atoms with Crippen LogP contribution >= 0.6 is 11.3 Å². The lowest BCUT2D eigenvalue weighted by Gasteiger charge is -2.26. The Morgan fingerprint density at radius 1 is 1.15 bits per heavy atom. The molecule has 3 aromatic rings. The van der Waals surface area contributed by atoms with Crippen molar-refractivity contribution in [2.24, 2.45) is 0 Å². The lowest BCUT2D eigenvalue weighted by Crippen LogP contribution is -2.41. The molecule has 9 nitrogen and oxygen atoms in total. The Labute approximate surface area is 202 Å². The topological polar surface area (TPSA) is 101 Å². The quantitative estimate of drug-likeness (QED) is 0.452. The van der Waals surface area contributed by atoms with Crippen molar-refractivity contribution in [2.45, 2.75) is 19.9 Å². The van der Waals surface area contributed by atoms with Gasteiger partial charge in [-0.1, -0.05) is 41.7 Å². The van der Waals surface area contributed by atoms with E-state index in [-0.39, 0.29) is 24.1 Å². The first-order valence-corrected chi connectivity index (χ1v) is 12.3. The van der Waals surface area contributed by atoms with E-state index in [0.29, 0.717) is 10.8 Å². The number of aromatic nitrogens is 3. The highest BCUT2D eigenvalue weighted by atomic mass is 32.1. The number of carbonyl (C=O) groups is 1. The molecule has 0 atom stereocenters. The van der Waals surface area contributed by atoms with Gasteiger partial charge in [0.25, 0.3) is 5.56 Å². The summed E-state index contributed by atoms with van der Waals surface area (Å²) in [6.07, 6.45) is 0. The van der Waals surface area contributed by atoms with E-state index in [4.69, 9.17) is 9.72 Å². The van der Waals surface area contributed by atoms with Gasteiger partial charge in [-0.05, 0) is 19.9 Å².